The van der Waals surface area contributed by atoms with Crippen molar-refractivity contribution in [3.8, 4) is 6.07 Å². The Labute approximate surface area is 121 Å². The predicted molar refractivity (Wildman–Crippen MR) is 73.3 cm³/mol. The Hall–Kier alpha value is -0.970. The molecule has 0 radical (unpaired) electrons. The largest absolute Gasteiger partial charge is 0.246 e. The Kier molecular flexibility index (Phi) is 5.47. The number of hydrogen-bond acceptors (Lipinski definition) is 3. The number of benzene rings is 1. The lowest BCUT2D eigenvalue weighted by atomic mass is 10.2. The van der Waals surface area contributed by atoms with Crippen LogP contribution in [0.4, 0.5) is 4.39 Å². The van der Waals surface area contributed by atoms with Crippen LogP contribution >= 0.6 is 15.9 Å². The molecule has 0 heterocycles. The van der Waals surface area contributed by atoms with Crippen LogP contribution in [0.25, 0.3) is 0 Å². The lowest BCUT2D eigenvalue weighted by molar-refractivity contribution is 0.397. The van der Waals surface area contributed by atoms with E-state index in [1.807, 2.05) is 6.07 Å². The molecule has 0 aliphatic carbocycles. The van der Waals surface area contributed by atoms with Crippen molar-refractivity contribution < 1.29 is 12.8 Å². The fraction of sp³-hybridized carbons (Fsp3) is 0.417. The molecular formula is C12H14BrFN2O2S. The van der Waals surface area contributed by atoms with E-state index in [0.29, 0.717) is 4.47 Å². The molecule has 1 aromatic carbocycles. The van der Waals surface area contributed by atoms with Gasteiger partial charge in [0.2, 0.25) is 10.0 Å². The van der Waals surface area contributed by atoms with Crippen molar-refractivity contribution in [3.63, 3.8) is 0 Å². The number of sulfonamides is 1. The molecule has 1 rings (SSSR count). The number of nitrogens with zero attached hydrogens (tertiary/aromatic N) is 2. The van der Waals surface area contributed by atoms with Crippen molar-refractivity contribution in [1.29, 1.82) is 5.26 Å². The van der Waals surface area contributed by atoms with Gasteiger partial charge in [0, 0.05) is 17.6 Å². The first-order chi connectivity index (χ1) is 8.82. The van der Waals surface area contributed by atoms with Crippen molar-refractivity contribution >= 4 is 26.0 Å². The first kappa shape index (κ1) is 16.1. The van der Waals surface area contributed by atoms with Gasteiger partial charge in [-0.1, -0.05) is 22.9 Å². The summed E-state index contributed by atoms with van der Waals surface area (Å²) in [4.78, 5) is -0.373. The molecule has 0 saturated heterocycles. The third kappa shape index (κ3) is 3.75. The highest BCUT2D eigenvalue weighted by Crippen LogP contribution is 2.23. The molecule has 0 aliphatic heterocycles. The van der Waals surface area contributed by atoms with E-state index in [1.165, 1.54) is 12.1 Å². The monoisotopic (exact) mass is 348 g/mol. The van der Waals surface area contributed by atoms with Gasteiger partial charge >= 0.3 is 0 Å². The van der Waals surface area contributed by atoms with Crippen LogP contribution in [-0.2, 0) is 10.0 Å². The third-order valence-electron chi connectivity index (χ3n) is 2.56. The Morgan fingerprint density at radius 1 is 1.53 bits per heavy atom. The summed E-state index contributed by atoms with van der Waals surface area (Å²) in [6, 6.07) is 5.76. The number of nitriles is 1. The molecule has 0 N–H and O–H groups in total. The molecule has 7 heteroatoms. The van der Waals surface area contributed by atoms with Crippen LogP contribution in [0.5, 0.6) is 0 Å². The SMILES string of the molecule is CCN(CC(C)C#N)S(=O)(=O)c1ccc(Br)cc1F. The van der Waals surface area contributed by atoms with Gasteiger partial charge in [-0.05, 0) is 25.1 Å². The highest BCUT2D eigenvalue weighted by Gasteiger charge is 2.27. The lowest BCUT2D eigenvalue weighted by Gasteiger charge is -2.21. The van der Waals surface area contributed by atoms with Crippen molar-refractivity contribution in [1.82, 2.24) is 4.31 Å². The summed E-state index contributed by atoms with van der Waals surface area (Å²) in [7, 11) is -3.92. The molecule has 0 bridgehead atoms. The van der Waals surface area contributed by atoms with Gasteiger partial charge in [0.25, 0.3) is 0 Å². The van der Waals surface area contributed by atoms with Gasteiger partial charge in [-0.25, -0.2) is 12.8 Å². The van der Waals surface area contributed by atoms with Crippen molar-refractivity contribution in [2.45, 2.75) is 18.7 Å². The second-order valence-corrected chi connectivity index (χ2v) is 6.88. The summed E-state index contributed by atoms with van der Waals surface area (Å²) in [5, 5.41) is 8.75. The first-order valence-electron chi connectivity index (χ1n) is 5.67. The predicted octanol–water partition coefficient (Wildman–Crippen LogP) is 2.76. The Morgan fingerprint density at radius 2 is 2.16 bits per heavy atom. The molecule has 0 aromatic heterocycles. The molecule has 0 amide bonds. The summed E-state index contributed by atoms with van der Waals surface area (Å²) in [5.41, 5.74) is 0. The summed E-state index contributed by atoms with van der Waals surface area (Å²) in [5.74, 6) is -1.26. The van der Waals surface area contributed by atoms with Crippen LogP contribution in [0.3, 0.4) is 0 Å². The standard InChI is InChI=1S/C12H14BrFN2O2S/c1-3-16(8-9(2)7-15)19(17,18)12-5-4-10(13)6-11(12)14/h4-6,9H,3,8H2,1-2H3. The van der Waals surface area contributed by atoms with Crippen molar-refractivity contribution in [3.05, 3.63) is 28.5 Å². The second-order valence-electron chi connectivity index (χ2n) is 4.06. The van der Waals surface area contributed by atoms with Gasteiger partial charge in [-0.2, -0.15) is 9.57 Å². The van der Waals surface area contributed by atoms with Crippen LogP contribution in [0.2, 0.25) is 0 Å². The fourth-order valence-electron chi connectivity index (χ4n) is 1.57. The Bertz CT molecular complexity index is 598. The summed E-state index contributed by atoms with van der Waals surface area (Å²) >= 11 is 3.08. The summed E-state index contributed by atoms with van der Waals surface area (Å²) in [6.07, 6.45) is 0. The molecule has 1 aromatic rings. The normalized spacial score (nSPS) is 13.3. The number of rotatable bonds is 5. The average Bonchev–Trinajstić information content (AvgIpc) is 2.34. The maximum absolute atomic E-state index is 13.8. The van der Waals surface area contributed by atoms with E-state index in [2.05, 4.69) is 15.9 Å². The third-order valence-corrected chi connectivity index (χ3v) is 5.03. The minimum Gasteiger partial charge on any atom is -0.207 e. The van der Waals surface area contributed by atoms with E-state index < -0.39 is 21.8 Å². The lowest BCUT2D eigenvalue weighted by Crippen LogP contribution is -2.34. The molecule has 19 heavy (non-hydrogen) atoms. The quantitative estimate of drug-likeness (QED) is 0.821. The average molecular weight is 349 g/mol. The van der Waals surface area contributed by atoms with Crippen LogP contribution in [-0.4, -0.2) is 25.8 Å². The summed E-state index contributed by atoms with van der Waals surface area (Å²) in [6.45, 7) is 3.50. The molecular weight excluding hydrogens is 335 g/mol. The molecule has 4 nitrogen and oxygen atoms in total. The minimum atomic E-state index is -3.92. The topological polar surface area (TPSA) is 61.2 Å². The first-order valence-corrected chi connectivity index (χ1v) is 7.91. The molecule has 0 spiro atoms. The van der Waals surface area contributed by atoms with Crippen molar-refractivity contribution in [2.24, 2.45) is 5.92 Å². The van der Waals surface area contributed by atoms with Crippen molar-refractivity contribution in [2.75, 3.05) is 13.1 Å². The van der Waals surface area contributed by atoms with Crippen LogP contribution in [0.1, 0.15) is 13.8 Å². The molecule has 0 saturated carbocycles. The van der Waals surface area contributed by atoms with Gasteiger partial charge in [0.1, 0.15) is 10.7 Å². The number of halogens is 2. The van der Waals surface area contributed by atoms with E-state index >= 15 is 0 Å². The Balaban J connectivity index is 3.18. The van der Waals surface area contributed by atoms with Gasteiger partial charge in [0.15, 0.2) is 0 Å². The molecule has 104 valence electrons. The van der Waals surface area contributed by atoms with E-state index in [-0.39, 0.29) is 18.0 Å². The van der Waals surface area contributed by atoms with Gasteiger partial charge in [0.05, 0.1) is 12.0 Å². The zero-order valence-electron chi connectivity index (χ0n) is 10.6. The maximum atomic E-state index is 13.8. The second kappa shape index (κ2) is 6.46. The fourth-order valence-corrected chi connectivity index (χ4v) is 3.48. The molecule has 0 fully saturated rings. The Morgan fingerprint density at radius 3 is 2.63 bits per heavy atom. The molecule has 0 aliphatic rings. The minimum absolute atomic E-state index is 0.0465. The van der Waals surface area contributed by atoms with Crippen LogP contribution in [0, 0.1) is 23.1 Å². The summed E-state index contributed by atoms with van der Waals surface area (Å²) < 4.78 is 40.0. The van der Waals surface area contributed by atoms with Crippen LogP contribution < -0.4 is 0 Å². The zero-order chi connectivity index (χ0) is 14.6. The van der Waals surface area contributed by atoms with Gasteiger partial charge in [-0.15, -0.1) is 0 Å². The van der Waals surface area contributed by atoms with E-state index in [1.54, 1.807) is 13.8 Å². The van der Waals surface area contributed by atoms with Gasteiger partial charge < -0.3 is 0 Å². The van der Waals surface area contributed by atoms with Gasteiger partial charge in [-0.3, -0.25) is 0 Å². The maximum Gasteiger partial charge on any atom is 0.246 e. The smallest absolute Gasteiger partial charge is 0.207 e. The van der Waals surface area contributed by atoms with E-state index in [4.69, 9.17) is 5.26 Å². The highest BCUT2D eigenvalue weighted by atomic mass is 79.9. The van der Waals surface area contributed by atoms with Crippen LogP contribution in [0.15, 0.2) is 27.6 Å². The number of hydrogen-bond donors (Lipinski definition) is 0. The zero-order valence-corrected chi connectivity index (χ0v) is 13.0. The highest BCUT2D eigenvalue weighted by molar-refractivity contribution is 9.10. The van der Waals surface area contributed by atoms with E-state index in [0.717, 1.165) is 10.4 Å². The molecule has 1 atom stereocenters. The van der Waals surface area contributed by atoms with E-state index in [9.17, 15) is 12.8 Å². The molecule has 1 unspecified atom stereocenters.